The fourth-order valence-corrected chi connectivity index (χ4v) is 4.17. The molecule has 1 aliphatic rings. The number of rotatable bonds is 5. The lowest BCUT2D eigenvalue weighted by Gasteiger charge is -2.36. The van der Waals surface area contributed by atoms with E-state index in [-0.39, 0.29) is 23.2 Å². The molecule has 0 amide bonds. The van der Waals surface area contributed by atoms with Crippen molar-refractivity contribution in [1.29, 1.82) is 0 Å². The van der Waals surface area contributed by atoms with Crippen LogP contribution in [-0.4, -0.2) is 29.9 Å². The van der Waals surface area contributed by atoms with Crippen LogP contribution in [0.15, 0.2) is 18.2 Å². The SMILES string of the molecule is CC[N+](CC)(CC)Cc1ccc2c(c1)C(C)(C)C(=O)C2(C)C.[Cl-]. The molecular weight excluding hydrogens is 306 g/mol. The van der Waals surface area contributed by atoms with Gasteiger partial charge in [0.1, 0.15) is 6.54 Å². The quantitative estimate of drug-likeness (QED) is 0.738. The molecule has 0 saturated heterocycles. The summed E-state index contributed by atoms with van der Waals surface area (Å²) in [4.78, 5) is 12.8. The van der Waals surface area contributed by atoms with Crippen molar-refractivity contribution in [2.75, 3.05) is 19.6 Å². The van der Waals surface area contributed by atoms with Crippen molar-refractivity contribution >= 4 is 5.78 Å². The Morgan fingerprint density at radius 2 is 1.35 bits per heavy atom. The van der Waals surface area contributed by atoms with E-state index < -0.39 is 0 Å². The summed E-state index contributed by atoms with van der Waals surface area (Å²) in [6.07, 6.45) is 0. The number of Topliss-reactive ketones (excluding diaryl/α,β-unsaturated/α-hetero) is 1. The van der Waals surface area contributed by atoms with Crippen LogP contribution in [0.1, 0.15) is 65.2 Å². The van der Waals surface area contributed by atoms with Gasteiger partial charge >= 0.3 is 0 Å². The van der Waals surface area contributed by atoms with E-state index in [9.17, 15) is 4.79 Å². The summed E-state index contributed by atoms with van der Waals surface area (Å²) in [6, 6.07) is 6.74. The molecule has 2 rings (SSSR count). The summed E-state index contributed by atoms with van der Waals surface area (Å²) in [7, 11) is 0. The number of halogens is 1. The average Bonchev–Trinajstić information content (AvgIpc) is 2.63. The third kappa shape index (κ3) is 3.08. The van der Waals surface area contributed by atoms with Crippen LogP contribution in [0.3, 0.4) is 0 Å². The van der Waals surface area contributed by atoms with Crippen LogP contribution >= 0.6 is 0 Å². The number of carbonyl (C=O) groups is 1. The van der Waals surface area contributed by atoms with E-state index in [2.05, 4.69) is 66.7 Å². The van der Waals surface area contributed by atoms with E-state index in [1.807, 2.05) is 0 Å². The molecule has 1 aromatic carbocycles. The first kappa shape index (κ1) is 20.2. The van der Waals surface area contributed by atoms with Crippen LogP contribution < -0.4 is 12.4 Å². The van der Waals surface area contributed by atoms with E-state index in [1.165, 1.54) is 16.7 Å². The molecular formula is C20H32ClNO. The zero-order valence-electron chi connectivity index (χ0n) is 15.8. The van der Waals surface area contributed by atoms with Crippen molar-refractivity contribution in [3.63, 3.8) is 0 Å². The first-order valence-corrected chi connectivity index (χ1v) is 8.68. The topological polar surface area (TPSA) is 17.1 Å². The Hall–Kier alpha value is -0.860. The van der Waals surface area contributed by atoms with Crippen molar-refractivity contribution in [2.45, 2.75) is 65.8 Å². The van der Waals surface area contributed by atoms with E-state index >= 15 is 0 Å². The summed E-state index contributed by atoms with van der Waals surface area (Å²) >= 11 is 0. The van der Waals surface area contributed by atoms with Gasteiger partial charge < -0.3 is 16.9 Å². The van der Waals surface area contributed by atoms with Gasteiger partial charge in [0.25, 0.3) is 0 Å². The minimum absolute atomic E-state index is 0. The van der Waals surface area contributed by atoms with Crippen molar-refractivity contribution in [3.05, 3.63) is 34.9 Å². The number of benzene rings is 1. The Labute approximate surface area is 148 Å². The Morgan fingerprint density at radius 3 is 1.83 bits per heavy atom. The molecule has 0 aromatic heterocycles. The second-order valence-corrected chi connectivity index (χ2v) is 7.91. The zero-order chi connectivity index (χ0) is 16.8. The van der Waals surface area contributed by atoms with E-state index in [0.717, 1.165) is 30.7 Å². The second kappa shape index (κ2) is 6.57. The zero-order valence-corrected chi connectivity index (χ0v) is 16.5. The highest BCUT2D eigenvalue weighted by molar-refractivity contribution is 6.02. The number of hydrogen-bond donors (Lipinski definition) is 0. The first-order chi connectivity index (χ1) is 10.1. The summed E-state index contributed by atoms with van der Waals surface area (Å²) in [5, 5.41) is 0. The summed E-state index contributed by atoms with van der Waals surface area (Å²) in [5.74, 6) is 0.342. The highest BCUT2D eigenvalue weighted by Gasteiger charge is 2.50. The van der Waals surface area contributed by atoms with Crippen molar-refractivity contribution in [1.82, 2.24) is 0 Å². The Kier molecular flexibility index (Phi) is 5.76. The lowest BCUT2D eigenvalue weighted by atomic mass is 9.80. The number of ketones is 1. The number of fused-ring (bicyclic) bond motifs is 1. The highest BCUT2D eigenvalue weighted by Crippen LogP contribution is 2.46. The van der Waals surface area contributed by atoms with Gasteiger partial charge in [0.15, 0.2) is 5.78 Å². The fourth-order valence-electron chi connectivity index (χ4n) is 4.17. The summed E-state index contributed by atoms with van der Waals surface area (Å²) < 4.78 is 1.11. The minimum atomic E-state index is -0.366. The van der Waals surface area contributed by atoms with E-state index in [4.69, 9.17) is 0 Å². The Morgan fingerprint density at radius 1 is 0.870 bits per heavy atom. The predicted molar refractivity (Wildman–Crippen MR) is 93.1 cm³/mol. The molecule has 1 aromatic rings. The predicted octanol–water partition coefficient (Wildman–Crippen LogP) is 1.21. The third-order valence-electron chi connectivity index (χ3n) is 6.10. The van der Waals surface area contributed by atoms with Crippen LogP contribution in [0.4, 0.5) is 0 Å². The molecule has 0 fully saturated rings. The number of nitrogens with zero attached hydrogens (tertiary/aromatic N) is 1. The van der Waals surface area contributed by atoms with Gasteiger partial charge in [-0.3, -0.25) is 4.79 Å². The molecule has 2 nitrogen and oxygen atoms in total. The maximum atomic E-state index is 12.8. The number of hydrogen-bond acceptors (Lipinski definition) is 1. The summed E-state index contributed by atoms with van der Waals surface area (Å²) in [6.45, 7) is 19.6. The molecule has 23 heavy (non-hydrogen) atoms. The monoisotopic (exact) mass is 337 g/mol. The number of carbonyl (C=O) groups excluding carboxylic acids is 1. The molecule has 1 aliphatic carbocycles. The molecule has 0 unspecified atom stereocenters. The van der Waals surface area contributed by atoms with Crippen molar-refractivity contribution < 1.29 is 21.7 Å². The molecule has 0 saturated carbocycles. The van der Waals surface area contributed by atoms with Gasteiger partial charge in [-0.25, -0.2) is 0 Å². The molecule has 0 atom stereocenters. The maximum absolute atomic E-state index is 12.8. The molecule has 3 heteroatoms. The van der Waals surface area contributed by atoms with Crippen LogP contribution in [0.2, 0.25) is 0 Å². The Balaban J connectivity index is 0.00000264. The lowest BCUT2D eigenvalue weighted by Crippen LogP contribution is -3.00. The van der Waals surface area contributed by atoms with Gasteiger partial charge in [-0.1, -0.05) is 12.1 Å². The van der Waals surface area contributed by atoms with E-state index in [1.54, 1.807) is 0 Å². The number of quaternary nitrogens is 1. The largest absolute Gasteiger partial charge is 1.00 e. The van der Waals surface area contributed by atoms with Gasteiger partial charge in [-0.05, 0) is 65.7 Å². The van der Waals surface area contributed by atoms with Gasteiger partial charge in [0.05, 0.1) is 19.6 Å². The first-order valence-electron chi connectivity index (χ1n) is 8.68. The molecule has 0 bridgehead atoms. The molecule has 130 valence electrons. The van der Waals surface area contributed by atoms with Gasteiger partial charge in [0, 0.05) is 16.4 Å². The van der Waals surface area contributed by atoms with Crippen LogP contribution in [0.5, 0.6) is 0 Å². The van der Waals surface area contributed by atoms with Crippen LogP contribution in [0, 0.1) is 0 Å². The standard InChI is InChI=1S/C20H32NO.ClH/c1-8-21(9-2,10-3)14-15-11-12-16-17(13-15)20(6,7)18(22)19(16,4)5;/h11-13H,8-10,14H2,1-7H3;1H/q+1;/p-1. The van der Waals surface area contributed by atoms with E-state index in [0.29, 0.717) is 5.78 Å². The van der Waals surface area contributed by atoms with Crippen LogP contribution in [-0.2, 0) is 22.2 Å². The summed E-state index contributed by atoms with van der Waals surface area (Å²) in [5.41, 5.74) is 3.09. The highest BCUT2D eigenvalue weighted by atomic mass is 35.5. The molecule has 0 spiro atoms. The Bertz CT molecular complexity index is 577. The van der Waals surface area contributed by atoms with Crippen molar-refractivity contribution in [2.24, 2.45) is 0 Å². The third-order valence-corrected chi connectivity index (χ3v) is 6.10. The van der Waals surface area contributed by atoms with Gasteiger partial charge in [-0.15, -0.1) is 0 Å². The fraction of sp³-hybridized carbons (Fsp3) is 0.650. The van der Waals surface area contributed by atoms with Gasteiger partial charge in [-0.2, -0.15) is 0 Å². The van der Waals surface area contributed by atoms with Crippen LogP contribution in [0.25, 0.3) is 0 Å². The molecule has 0 radical (unpaired) electrons. The smallest absolute Gasteiger partial charge is 0.152 e. The normalized spacial score (nSPS) is 18.5. The molecule has 0 heterocycles. The molecule has 0 N–H and O–H groups in total. The lowest BCUT2D eigenvalue weighted by molar-refractivity contribution is -0.936. The van der Waals surface area contributed by atoms with Crippen molar-refractivity contribution in [3.8, 4) is 0 Å². The minimum Gasteiger partial charge on any atom is -1.00 e. The average molecular weight is 338 g/mol. The second-order valence-electron chi connectivity index (χ2n) is 7.91. The van der Waals surface area contributed by atoms with Gasteiger partial charge in [0.2, 0.25) is 0 Å². The maximum Gasteiger partial charge on any atom is 0.152 e. The molecule has 0 aliphatic heterocycles.